The lowest BCUT2D eigenvalue weighted by molar-refractivity contribution is 0.152. The number of aliphatic imine (C=N–C) groups is 1. The van der Waals surface area contributed by atoms with Gasteiger partial charge in [0.25, 0.3) is 0 Å². The topological polar surface area (TPSA) is 38.7 Å². The van der Waals surface area contributed by atoms with Gasteiger partial charge in [-0.3, -0.25) is 0 Å². The van der Waals surface area contributed by atoms with Crippen LogP contribution in [0, 0.1) is 0 Å². The van der Waals surface area contributed by atoms with Gasteiger partial charge in [-0.15, -0.1) is 0 Å². The van der Waals surface area contributed by atoms with Gasteiger partial charge in [0.1, 0.15) is 0 Å². The Morgan fingerprint density at radius 1 is 1.58 bits per heavy atom. The Morgan fingerprint density at radius 2 is 2.33 bits per heavy atom. The van der Waals surface area contributed by atoms with E-state index in [-0.39, 0.29) is 0 Å². The lowest BCUT2D eigenvalue weighted by atomic mass is 10.3. The Kier molecular flexibility index (Phi) is 7.55. The third-order valence-corrected chi connectivity index (χ3v) is 1.22. The molecular weight excluding hydrogens is 154 g/mol. The Labute approximate surface area is 73.1 Å². The summed E-state index contributed by atoms with van der Waals surface area (Å²) in [5, 5.41) is 0. The third kappa shape index (κ3) is 9.08. The van der Waals surface area contributed by atoms with Crippen LogP contribution in [0.15, 0.2) is 17.1 Å². The second kappa shape index (κ2) is 8.18. The van der Waals surface area contributed by atoms with Crippen LogP contribution in [-0.2, 0) is 9.53 Å². The molecule has 0 aromatic heterocycles. The fraction of sp³-hybridized carbons (Fsp3) is 0.667. The number of hydrogen-bond donors (Lipinski definition) is 0. The summed E-state index contributed by atoms with van der Waals surface area (Å²) in [7, 11) is 0. The standard InChI is InChI=1S/C9H15NO2/c1-9(2)7-12-6-4-3-5-10-8-11/h1,3-7H2,2H3. The summed E-state index contributed by atoms with van der Waals surface area (Å²) < 4.78 is 5.24. The maximum Gasteiger partial charge on any atom is 0.234 e. The first kappa shape index (κ1) is 11.1. The lowest BCUT2D eigenvalue weighted by Crippen LogP contribution is -1.97. The summed E-state index contributed by atoms with van der Waals surface area (Å²) in [5.74, 6) is 0. The van der Waals surface area contributed by atoms with Crippen LogP contribution >= 0.6 is 0 Å². The highest BCUT2D eigenvalue weighted by molar-refractivity contribution is 5.32. The Morgan fingerprint density at radius 3 is 2.92 bits per heavy atom. The number of hydrogen-bond acceptors (Lipinski definition) is 3. The number of carbonyl (C=O) groups excluding carboxylic acids is 1. The molecule has 0 saturated heterocycles. The van der Waals surface area contributed by atoms with Crippen LogP contribution in [0.2, 0.25) is 0 Å². The fourth-order valence-corrected chi connectivity index (χ4v) is 0.687. The average Bonchev–Trinajstić information content (AvgIpc) is 2.02. The van der Waals surface area contributed by atoms with E-state index in [0.717, 1.165) is 18.4 Å². The van der Waals surface area contributed by atoms with Crippen molar-refractivity contribution in [2.24, 2.45) is 4.99 Å². The maximum atomic E-state index is 9.65. The Balaban J connectivity index is 3.00. The molecule has 0 aliphatic rings. The SMILES string of the molecule is C=C(C)COCCCCN=C=O. The number of unbranched alkanes of at least 4 members (excludes halogenated alkanes) is 1. The minimum atomic E-state index is 0.555. The molecule has 0 N–H and O–H groups in total. The summed E-state index contributed by atoms with van der Waals surface area (Å²) in [6.45, 7) is 7.52. The van der Waals surface area contributed by atoms with Crippen LogP contribution in [0.25, 0.3) is 0 Å². The van der Waals surface area contributed by atoms with Gasteiger partial charge in [-0.2, -0.15) is 0 Å². The molecule has 0 saturated carbocycles. The summed E-state index contributed by atoms with van der Waals surface area (Å²) in [4.78, 5) is 13.1. The van der Waals surface area contributed by atoms with Gasteiger partial charge in [0.05, 0.1) is 13.2 Å². The molecule has 3 nitrogen and oxygen atoms in total. The molecule has 3 heteroatoms. The van der Waals surface area contributed by atoms with Gasteiger partial charge in [-0.05, 0) is 19.8 Å². The molecule has 0 aliphatic carbocycles. The molecule has 0 aromatic carbocycles. The van der Waals surface area contributed by atoms with E-state index in [0.29, 0.717) is 19.8 Å². The van der Waals surface area contributed by atoms with Gasteiger partial charge in [0, 0.05) is 6.61 Å². The van der Waals surface area contributed by atoms with Crippen LogP contribution in [-0.4, -0.2) is 25.8 Å². The summed E-state index contributed by atoms with van der Waals surface area (Å²) in [6, 6.07) is 0. The molecule has 0 heterocycles. The van der Waals surface area contributed by atoms with E-state index < -0.39 is 0 Å². The molecule has 0 atom stereocenters. The molecule has 0 unspecified atom stereocenters. The minimum absolute atomic E-state index is 0.555. The van der Waals surface area contributed by atoms with Crippen molar-refractivity contribution in [3.8, 4) is 0 Å². The quantitative estimate of drug-likeness (QED) is 0.252. The largest absolute Gasteiger partial charge is 0.377 e. The molecule has 0 bridgehead atoms. The highest BCUT2D eigenvalue weighted by Gasteiger charge is 1.88. The van der Waals surface area contributed by atoms with Crippen molar-refractivity contribution in [3.63, 3.8) is 0 Å². The van der Waals surface area contributed by atoms with Crippen molar-refractivity contribution in [3.05, 3.63) is 12.2 Å². The molecule has 0 rings (SSSR count). The zero-order valence-corrected chi connectivity index (χ0v) is 7.51. The number of isocyanates is 1. The highest BCUT2D eigenvalue weighted by atomic mass is 16.5. The van der Waals surface area contributed by atoms with E-state index in [1.807, 2.05) is 6.92 Å². The monoisotopic (exact) mass is 169 g/mol. The van der Waals surface area contributed by atoms with E-state index in [4.69, 9.17) is 4.74 Å². The van der Waals surface area contributed by atoms with Gasteiger partial charge >= 0.3 is 0 Å². The first-order chi connectivity index (χ1) is 5.77. The maximum absolute atomic E-state index is 9.65. The van der Waals surface area contributed by atoms with Crippen LogP contribution in [0.5, 0.6) is 0 Å². The van der Waals surface area contributed by atoms with Crippen molar-refractivity contribution in [2.75, 3.05) is 19.8 Å². The first-order valence-corrected chi connectivity index (χ1v) is 4.03. The van der Waals surface area contributed by atoms with Gasteiger partial charge in [-0.1, -0.05) is 12.2 Å². The molecule has 0 radical (unpaired) electrons. The number of nitrogens with zero attached hydrogens (tertiary/aromatic N) is 1. The third-order valence-electron chi connectivity index (χ3n) is 1.22. The predicted octanol–water partition coefficient (Wildman–Crippen LogP) is 1.70. The van der Waals surface area contributed by atoms with Crippen molar-refractivity contribution in [1.29, 1.82) is 0 Å². The second-order valence-electron chi connectivity index (χ2n) is 2.69. The van der Waals surface area contributed by atoms with Gasteiger partial charge in [0.2, 0.25) is 6.08 Å². The molecule has 0 aliphatic heterocycles. The van der Waals surface area contributed by atoms with Crippen LogP contribution < -0.4 is 0 Å². The fourth-order valence-electron chi connectivity index (χ4n) is 0.687. The van der Waals surface area contributed by atoms with Crippen LogP contribution in [0.4, 0.5) is 0 Å². The summed E-state index contributed by atoms with van der Waals surface area (Å²) in [6.07, 6.45) is 3.31. The molecule has 0 fully saturated rings. The van der Waals surface area contributed by atoms with E-state index >= 15 is 0 Å². The molecule has 0 amide bonds. The predicted molar refractivity (Wildman–Crippen MR) is 47.9 cm³/mol. The summed E-state index contributed by atoms with van der Waals surface area (Å²) >= 11 is 0. The Hall–Kier alpha value is -0.920. The Bertz CT molecular complexity index is 165. The van der Waals surface area contributed by atoms with E-state index in [9.17, 15) is 4.79 Å². The minimum Gasteiger partial charge on any atom is -0.377 e. The zero-order valence-electron chi connectivity index (χ0n) is 7.51. The molecular formula is C9H15NO2. The van der Waals surface area contributed by atoms with Crippen molar-refractivity contribution >= 4 is 6.08 Å². The number of ether oxygens (including phenoxy) is 1. The van der Waals surface area contributed by atoms with Crippen molar-refractivity contribution in [1.82, 2.24) is 0 Å². The highest BCUT2D eigenvalue weighted by Crippen LogP contribution is 1.93. The van der Waals surface area contributed by atoms with E-state index in [1.165, 1.54) is 6.08 Å². The smallest absolute Gasteiger partial charge is 0.234 e. The molecule has 0 aromatic rings. The summed E-state index contributed by atoms with van der Waals surface area (Å²) in [5.41, 5.74) is 1.03. The van der Waals surface area contributed by atoms with Crippen molar-refractivity contribution in [2.45, 2.75) is 19.8 Å². The zero-order chi connectivity index (χ0) is 9.23. The van der Waals surface area contributed by atoms with Crippen LogP contribution in [0.3, 0.4) is 0 Å². The van der Waals surface area contributed by atoms with Crippen molar-refractivity contribution < 1.29 is 9.53 Å². The first-order valence-electron chi connectivity index (χ1n) is 4.03. The van der Waals surface area contributed by atoms with Crippen LogP contribution in [0.1, 0.15) is 19.8 Å². The van der Waals surface area contributed by atoms with E-state index in [2.05, 4.69) is 11.6 Å². The van der Waals surface area contributed by atoms with E-state index in [1.54, 1.807) is 0 Å². The number of rotatable bonds is 7. The average molecular weight is 169 g/mol. The molecule has 0 spiro atoms. The van der Waals surface area contributed by atoms with Gasteiger partial charge < -0.3 is 4.74 Å². The molecule has 68 valence electrons. The van der Waals surface area contributed by atoms with Gasteiger partial charge in [-0.25, -0.2) is 9.79 Å². The molecule has 12 heavy (non-hydrogen) atoms. The lowest BCUT2D eigenvalue weighted by Gasteiger charge is -2.01. The normalized spacial score (nSPS) is 9.08. The second-order valence-corrected chi connectivity index (χ2v) is 2.69. The van der Waals surface area contributed by atoms with Gasteiger partial charge in [0.15, 0.2) is 0 Å².